The SMILES string of the molecule is Cc1cc2ccc(C=O)cc2[nH]1. The van der Waals surface area contributed by atoms with Crippen LogP contribution in [0.15, 0.2) is 24.3 Å². The van der Waals surface area contributed by atoms with Gasteiger partial charge in [-0.25, -0.2) is 0 Å². The molecule has 0 amide bonds. The van der Waals surface area contributed by atoms with Gasteiger partial charge in [-0.3, -0.25) is 4.79 Å². The highest BCUT2D eigenvalue weighted by atomic mass is 16.1. The van der Waals surface area contributed by atoms with Crippen molar-refractivity contribution in [1.82, 2.24) is 4.98 Å². The molecular weight excluding hydrogens is 150 g/mol. The lowest BCUT2D eigenvalue weighted by atomic mass is 10.2. The van der Waals surface area contributed by atoms with E-state index < -0.39 is 0 Å². The van der Waals surface area contributed by atoms with Crippen LogP contribution in [-0.4, -0.2) is 11.3 Å². The molecule has 0 aliphatic heterocycles. The molecule has 1 aromatic carbocycles. The Morgan fingerprint density at radius 2 is 2.17 bits per heavy atom. The molecule has 0 aliphatic rings. The van der Waals surface area contributed by atoms with Crippen molar-refractivity contribution < 1.29 is 4.79 Å². The predicted octanol–water partition coefficient (Wildman–Crippen LogP) is 2.29. The molecule has 2 rings (SSSR count). The molecule has 2 aromatic rings. The van der Waals surface area contributed by atoms with Gasteiger partial charge in [0.05, 0.1) is 0 Å². The van der Waals surface area contributed by atoms with Gasteiger partial charge in [-0.15, -0.1) is 0 Å². The van der Waals surface area contributed by atoms with E-state index in [-0.39, 0.29) is 0 Å². The van der Waals surface area contributed by atoms with E-state index >= 15 is 0 Å². The lowest BCUT2D eigenvalue weighted by Gasteiger charge is -1.90. The standard InChI is InChI=1S/C10H9NO/c1-7-4-9-3-2-8(6-12)5-10(9)11-7/h2-6,11H,1H3. The maximum Gasteiger partial charge on any atom is 0.150 e. The van der Waals surface area contributed by atoms with Crippen molar-refractivity contribution in [3.8, 4) is 0 Å². The topological polar surface area (TPSA) is 32.9 Å². The molecular formula is C10H9NO. The molecule has 0 fully saturated rings. The van der Waals surface area contributed by atoms with Crippen molar-refractivity contribution in [2.75, 3.05) is 0 Å². The summed E-state index contributed by atoms with van der Waals surface area (Å²) in [6.07, 6.45) is 0.857. The van der Waals surface area contributed by atoms with Crippen molar-refractivity contribution >= 4 is 17.2 Å². The van der Waals surface area contributed by atoms with Gasteiger partial charge in [0.2, 0.25) is 0 Å². The van der Waals surface area contributed by atoms with Crippen LogP contribution in [0.2, 0.25) is 0 Å². The first kappa shape index (κ1) is 7.10. The Morgan fingerprint density at radius 1 is 1.33 bits per heavy atom. The molecule has 0 saturated carbocycles. The number of hydrogen-bond donors (Lipinski definition) is 1. The zero-order valence-corrected chi connectivity index (χ0v) is 6.79. The van der Waals surface area contributed by atoms with E-state index in [9.17, 15) is 4.79 Å². The van der Waals surface area contributed by atoms with Gasteiger partial charge >= 0.3 is 0 Å². The summed E-state index contributed by atoms with van der Waals surface area (Å²) in [5, 5.41) is 1.15. The fraction of sp³-hybridized carbons (Fsp3) is 0.100. The number of aromatic nitrogens is 1. The first-order valence-electron chi connectivity index (χ1n) is 3.84. The highest BCUT2D eigenvalue weighted by Gasteiger charge is 1.97. The number of aldehydes is 1. The molecule has 2 heteroatoms. The third kappa shape index (κ3) is 1.01. The van der Waals surface area contributed by atoms with Gasteiger partial charge < -0.3 is 4.98 Å². The second-order valence-corrected chi connectivity index (χ2v) is 2.92. The van der Waals surface area contributed by atoms with E-state index in [2.05, 4.69) is 11.1 Å². The van der Waals surface area contributed by atoms with Crippen molar-refractivity contribution in [3.63, 3.8) is 0 Å². The maximum absolute atomic E-state index is 10.4. The fourth-order valence-corrected chi connectivity index (χ4v) is 1.36. The zero-order valence-electron chi connectivity index (χ0n) is 6.79. The third-order valence-corrected chi connectivity index (χ3v) is 1.92. The predicted molar refractivity (Wildman–Crippen MR) is 48.4 cm³/mol. The highest BCUT2D eigenvalue weighted by molar-refractivity contribution is 5.87. The molecule has 0 radical (unpaired) electrons. The van der Waals surface area contributed by atoms with Crippen LogP contribution in [0.5, 0.6) is 0 Å². The van der Waals surface area contributed by atoms with Crippen LogP contribution in [-0.2, 0) is 0 Å². The highest BCUT2D eigenvalue weighted by Crippen LogP contribution is 2.15. The Balaban J connectivity index is 2.74. The summed E-state index contributed by atoms with van der Waals surface area (Å²) in [5.41, 5.74) is 2.86. The molecule has 60 valence electrons. The van der Waals surface area contributed by atoms with Gasteiger partial charge in [-0.05, 0) is 24.4 Å². The molecule has 0 atom stereocenters. The molecule has 12 heavy (non-hydrogen) atoms. The first-order valence-corrected chi connectivity index (χ1v) is 3.84. The largest absolute Gasteiger partial charge is 0.359 e. The Morgan fingerprint density at radius 3 is 2.92 bits per heavy atom. The Hall–Kier alpha value is -1.57. The number of H-pyrrole nitrogens is 1. The molecule has 0 bridgehead atoms. The minimum absolute atomic E-state index is 0.712. The average Bonchev–Trinajstić information content (AvgIpc) is 2.43. The average molecular weight is 159 g/mol. The molecule has 0 aliphatic carbocycles. The van der Waals surface area contributed by atoms with E-state index in [0.29, 0.717) is 5.56 Å². The summed E-state index contributed by atoms with van der Waals surface area (Å²) in [5.74, 6) is 0. The number of hydrogen-bond acceptors (Lipinski definition) is 1. The van der Waals surface area contributed by atoms with E-state index in [1.165, 1.54) is 0 Å². The summed E-state index contributed by atoms with van der Waals surface area (Å²) < 4.78 is 0. The van der Waals surface area contributed by atoms with Crippen LogP contribution in [0.3, 0.4) is 0 Å². The maximum atomic E-state index is 10.4. The van der Waals surface area contributed by atoms with Gasteiger partial charge in [0, 0.05) is 16.8 Å². The minimum Gasteiger partial charge on any atom is -0.359 e. The molecule has 0 unspecified atom stereocenters. The van der Waals surface area contributed by atoms with Crippen molar-refractivity contribution in [2.24, 2.45) is 0 Å². The monoisotopic (exact) mass is 159 g/mol. The summed E-state index contributed by atoms with van der Waals surface area (Å²) in [6.45, 7) is 2.00. The molecule has 0 spiro atoms. The van der Waals surface area contributed by atoms with E-state index in [1.807, 2.05) is 25.1 Å². The molecule has 1 N–H and O–H groups in total. The number of nitrogens with one attached hydrogen (secondary N) is 1. The quantitative estimate of drug-likeness (QED) is 0.636. The van der Waals surface area contributed by atoms with Crippen LogP contribution in [0.4, 0.5) is 0 Å². The van der Waals surface area contributed by atoms with E-state index in [4.69, 9.17) is 0 Å². The van der Waals surface area contributed by atoms with Gasteiger partial charge in [-0.1, -0.05) is 12.1 Å². The zero-order chi connectivity index (χ0) is 8.55. The van der Waals surface area contributed by atoms with Gasteiger partial charge in [0.15, 0.2) is 0 Å². The summed E-state index contributed by atoms with van der Waals surface area (Å²) in [4.78, 5) is 13.6. The third-order valence-electron chi connectivity index (χ3n) is 1.92. The summed E-state index contributed by atoms with van der Waals surface area (Å²) in [7, 11) is 0. The number of benzene rings is 1. The molecule has 0 saturated heterocycles. The Kier molecular flexibility index (Phi) is 1.47. The van der Waals surface area contributed by atoms with Crippen molar-refractivity contribution in [1.29, 1.82) is 0 Å². The van der Waals surface area contributed by atoms with Crippen LogP contribution in [0.25, 0.3) is 10.9 Å². The smallest absolute Gasteiger partial charge is 0.150 e. The lowest BCUT2D eigenvalue weighted by Crippen LogP contribution is -1.77. The van der Waals surface area contributed by atoms with Crippen LogP contribution < -0.4 is 0 Å². The van der Waals surface area contributed by atoms with E-state index in [1.54, 1.807) is 0 Å². The summed E-state index contributed by atoms with van der Waals surface area (Å²) in [6, 6.07) is 7.68. The second kappa shape index (κ2) is 2.48. The fourth-order valence-electron chi connectivity index (χ4n) is 1.36. The van der Waals surface area contributed by atoms with Crippen LogP contribution >= 0.6 is 0 Å². The number of aromatic amines is 1. The number of fused-ring (bicyclic) bond motifs is 1. The number of carbonyl (C=O) groups is 1. The minimum atomic E-state index is 0.712. The normalized spacial score (nSPS) is 10.4. The van der Waals surface area contributed by atoms with Crippen molar-refractivity contribution in [3.05, 3.63) is 35.5 Å². The van der Waals surface area contributed by atoms with Crippen LogP contribution in [0, 0.1) is 6.92 Å². The van der Waals surface area contributed by atoms with Gasteiger partial charge in [0.25, 0.3) is 0 Å². The van der Waals surface area contributed by atoms with Crippen LogP contribution in [0.1, 0.15) is 16.1 Å². The molecule has 2 nitrogen and oxygen atoms in total. The lowest BCUT2D eigenvalue weighted by molar-refractivity contribution is 0.112. The molecule has 1 heterocycles. The van der Waals surface area contributed by atoms with Gasteiger partial charge in [0.1, 0.15) is 6.29 Å². The number of carbonyl (C=O) groups excluding carboxylic acids is 1. The van der Waals surface area contributed by atoms with E-state index in [0.717, 1.165) is 22.9 Å². The van der Waals surface area contributed by atoms with Gasteiger partial charge in [-0.2, -0.15) is 0 Å². The first-order chi connectivity index (χ1) is 5.79. The molecule has 1 aromatic heterocycles. The summed E-state index contributed by atoms with van der Waals surface area (Å²) >= 11 is 0. The van der Waals surface area contributed by atoms with Crippen molar-refractivity contribution in [2.45, 2.75) is 6.92 Å². The second-order valence-electron chi connectivity index (χ2n) is 2.92. The Bertz CT molecular complexity index is 428. The number of rotatable bonds is 1. The Labute approximate surface area is 70.2 Å². The number of aryl methyl sites for hydroxylation is 1.